The van der Waals surface area contributed by atoms with Gasteiger partial charge in [0.2, 0.25) is 0 Å². The van der Waals surface area contributed by atoms with E-state index >= 15 is 0 Å². The summed E-state index contributed by atoms with van der Waals surface area (Å²) in [5.74, 6) is -0.498. The minimum Gasteiger partial charge on any atom is -0.504 e. The number of rotatable bonds is 2. The van der Waals surface area contributed by atoms with Crippen molar-refractivity contribution in [3.05, 3.63) is 23.8 Å². The molecule has 12 heavy (non-hydrogen) atoms. The number of carbonyl (C=O) groups excluding carboxylic acids is 1. The predicted molar refractivity (Wildman–Crippen MR) is 42.8 cm³/mol. The van der Waals surface area contributed by atoms with E-state index in [1.807, 2.05) is 0 Å². The van der Waals surface area contributed by atoms with E-state index in [1.54, 1.807) is 0 Å². The highest BCUT2D eigenvalue weighted by molar-refractivity contribution is 5.62. The largest absolute Gasteiger partial charge is 0.504 e. The van der Waals surface area contributed by atoms with Crippen molar-refractivity contribution in [3.8, 4) is 11.5 Å². The zero-order chi connectivity index (χ0) is 9.14. The summed E-state index contributed by atoms with van der Waals surface area (Å²) in [5.41, 5.74) is 5.82. The number of aromatic hydroxyl groups is 2. The van der Waals surface area contributed by atoms with E-state index in [9.17, 15) is 4.79 Å². The Bertz CT molecular complexity index is 298. The SMILES string of the molecule is N[C@H](C=O)c1ccc(O)c(O)c1. The highest BCUT2D eigenvalue weighted by Gasteiger charge is 2.06. The Hall–Kier alpha value is -1.55. The van der Waals surface area contributed by atoms with Crippen LogP contribution in [0.4, 0.5) is 0 Å². The van der Waals surface area contributed by atoms with Gasteiger partial charge >= 0.3 is 0 Å². The van der Waals surface area contributed by atoms with E-state index in [2.05, 4.69) is 0 Å². The zero-order valence-electron chi connectivity index (χ0n) is 6.27. The lowest BCUT2D eigenvalue weighted by atomic mass is 10.1. The molecule has 1 atom stereocenters. The van der Waals surface area contributed by atoms with Crippen LogP contribution in [0.25, 0.3) is 0 Å². The van der Waals surface area contributed by atoms with Gasteiger partial charge in [-0.2, -0.15) is 0 Å². The summed E-state index contributed by atoms with van der Waals surface area (Å²) < 4.78 is 0. The van der Waals surface area contributed by atoms with Crippen LogP contribution >= 0.6 is 0 Å². The van der Waals surface area contributed by atoms with Crippen molar-refractivity contribution in [2.45, 2.75) is 6.04 Å². The van der Waals surface area contributed by atoms with Crippen LogP contribution in [-0.2, 0) is 4.79 Å². The average molecular weight is 167 g/mol. The molecule has 0 heterocycles. The molecule has 64 valence electrons. The van der Waals surface area contributed by atoms with Crippen LogP contribution in [0.2, 0.25) is 0 Å². The van der Waals surface area contributed by atoms with Gasteiger partial charge in [-0.15, -0.1) is 0 Å². The molecule has 0 fully saturated rings. The van der Waals surface area contributed by atoms with Gasteiger partial charge in [-0.05, 0) is 17.7 Å². The molecular weight excluding hydrogens is 158 g/mol. The third-order valence-electron chi connectivity index (χ3n) is 1.53. The van der Waals surface area contributed by atoms with Gasteiger partial charge in [-0.25, -0.2) is 0 Å². The van der Waals surface area contributed by atoms with Gasteiger partial charge in [0.05, 0.1) is 6.04 Å². The van der Waals surface area contributed by atoms with Crippen LogP contribution in [0.15, 0.2) is 18.2 Å². The molecule has 0 spiro atoms. The summed E-state index contributed by atoms with van der Waals surface area (Å²) in [6.45, 7) is 0. The van der Waals surface area contributed by atoms with Gasteiger partial charge in [0, 0.05) is 0 Å². The quantitative estimate of drug-likeness (QED) is 0.437. The number of nitrogens with two attached hydrogens (primary N) is 1. The third-order valence-corrected chi connectivity index (χ3v) is 1.53. The van der Waals surface area contributed by atoms with Crippen molar-refractivity contribution in [2.75, 3.05) is 0 Å². The molecule has 4 nitrogen and oxygen atoms in total. The van der Waals surface area contributed by atoms with Crippen LogP contribution < -0.4 is 5.73 Å². The number of hydrogen-bond donors (Lipinski definition) is 3. The monoisotopic (exact) mass is 167 g/mol. The molecule has 0 bridgehead atoms. The number of carbonyl (C=O) groups is 1. The number of phenolic OH excluding ortho intramolecular Hbond substituents is 2. The lowest BCUT2D eigenvalue weighted by molar-refractivity contribution is -0.109. The fraction of sp³-hybridized carbons (Fsp3) is 0.125. The molecular formula is C8H9NO3. The predicted octanol–water partition coefficient (Wildman–Crippen LogP) is 0.296. The first-order valence-corrected chi connectivity index (χ1v) is 3.38. The Kier molecular flexibility index (Phi) is 2.30. The Morgan fingerprint density at radius 2 is 2.00 bits per heavy atom. The van der Waals surface area contributed by atoms with Gasteiger partial charge in [0.1, 0.15) is 6.29 Å². The Labute approximate surface area is 69.3 Å². The standard InChI is InChI=1S/C8H9NO3/c9-6(4-10)5-1-2-7(11)8(12)3-5/h1-4,6,11-12H,9H2/t6-/m1/s1. The van der Waals surface area contributed by atoms with E-state index in [0.717, 1.165) is 0 Å². The molecule has 0 aliphatic rings. The maximum Gasteiger partial charge on any atom is 0.157 e. The molecule has 0 unspecified atom stereocenters. The maximum absolute atomic E-state index is 10.2. The maximum atomic E-state index is 10.2. The van der Waals surface area contributed by atoms with Gasteiger partial charge in [0.25, 0.3) is 0 Å². The zero-order valence-corrected chi connectivity index (χ0v) is 6.27. The van der Waals surface area contributed by atoms with E-state index in [0.29, 0.717) is 11.8 Å². The highest BCUT2D eigenvalue weighted by atomic mass is 16.3. The van der Waals surface area contributed by atoms with Crippen molar-refractivity contribution in [3.63, 3.8) is 0 Å². The Morgan fingerprint density at radius 1 is 1.33 bits per heavy atom. The fourth-order valence-corrected chi connectivity index (χ4v) is 0.826. The second-order valence-corrected chi connectivity index (χ2v) is 2.41. The van der Waals surface area contributed by atoms with Gasteiger partial charge in [-0.1, -0.05) is 6.07 Å². The number of aldehydes is 1. The van der Waals surface area contributed by atoms with Gasteiger partial charge in [0.15, 0.2) is 11.5 Å². The molecule has 0 amide bonds. The van der Waals surface area contributed by atoms with Crippen molar-refractivity contribution in [1.29, 1.82) is 0 Å². The Balaban J connectivity index is 3.04. The van der Waals surface area contributed by atoms with E-state index in [4.69, 9.17) is 15.9 Å². The van der Waals surface area contributed by atoms with Gasteiger partial charge in [-0.3, -0.25) is 0 Å². The molecule has 0 aliphatic heterocycles. The lowest BCUT2D eigenvalue weighted by Gasteiger charge is -2.04. The summed E-state index contributed by atoms with van der Waals surface area (Å²) in [5, 5.41) is 17.9. The first-order chi connectivity index (χ1) is 5.65. The Morgan fingerprint density at radius 3 is 2.50 bits per heavy atom. The minimum atomic E-state index is -0.753. The summed E-state index contributed by atoms with van der Waals surface area (Å²) in [4.78, 5) is 10.2. The summed E-state index contributed by atoms with van der Waals surface area (Å²) in [6, 6.07) is 3.27. The van der Waals surface area contributed by atoms with Crippen molar-refractivity contribution in [2.24, 2.45) is 5.73 Å². The molecule has 1 rings (SSSR count). The molecule has 1 aromatic rings. The van der Waals surface area contributed by atoms with Crippen LogP contribution in [0.3, 0.4) is 0 Å². The summed E-state index contributed by atoms with van der Waals surface area (Å²) >= 11 is 0. The fourth-order valence-electron chi connectivity index (χ4n) is 0.826. The molecule has 0 aromatic heterocycles. The third kappa shape index (κ3) is 1.54. The number of phenols is 2. The normalized spacial score (nSPS) is 12.4. The van der Waals surface area contributed by atoms with Crippen molar-refractivity contribution in [1.82, 2.24) is 0 Å². The molecule has 1 aromatic carbocycles. The number of hydrogen-bond acceptors (Lipinski definition) is 4. The second kappa shape index (κ2) is 3.23. The minimum absolute atomic E-state index is 0.225. The van der Waals surface area contributed by atoms with Crippen LogP contribution in [0.5, 0.6) is 11.5 Å². The highest BCUT2D eigenvalue weighted by Crippen LogP contribution is 2.26. The molecule has 0 saturated carbocycles. The van der Waals surface area contributed by atoms with Crippen LogP contribution in [-0.4, -0.2) is 16.5 Å². The molecule has 0 aliphatic carbocycles. The van der Waals surface area contributed by atoms with Crippen molar-refractivity contribution < 1.29 is 15.0 Å². The second-order valence-electron chi connectivity index (χ2n) is 2.41. The first kappa shape index (κ1) is 8.55. The molecule has 0 radical (unpaired) electrons. The summed E-state index contributed by atoms with van der Waals surface area (Å²) in [6.07, 6.45) is 0.561. The smallest absolute Gasteiger partial charge is 0.157 e. The van der Waals surface area contributed by atoms with E-state index in [1.165, 1.54) is 18.2 Å². The number of benzene rings is 1. The molecule has 4 N–H and O–H groups in total. The molecule has 0 saturated heterocycles. The molecule has 4 heteroatoms. The summed E-state index contributed by atoms with van der Waals surface area (Å²) in [7, 11) is 0. The lowest BCUT2D eigenvalue weighted by Crippen LogP contribution is -2.10. The average Bonchev–Trinajstić information content (AvgIpc) is 2.08. The van der Waals surface area contributed by atoms with E-state index < -0.39 is 6.04 Å². The first-order valence-electron chi connectivity index (χ1n) is 3.38. The van der Waals surface area contributed by atoms with Crippen molar-refractivity contribution >= 4 is 6.29 Å². The topological polar surface area (TPSA) is 83.6 Å². The van der Waals surface area contributed by atoms with Crippen LogP contribution in [0, 0.1) is 0 Å². The van der Waals surface area contributed by atoms with E-state index in [-0.39, 0.29) is 11.5 Å². The van der Waals surface area contributed by atoms with Crippen LogP contribution in [0.1, 0.15) is 11.6 Å². The van der Waals surface area contributed by atoms with Gasteiger partial charge < -0.3 is 20.7 Å².